The first kappa shape index (κ1) is 16.2. The van der Waals surface area contributed by atoms with E-state index in [1.807, 2.05) is 32.9 Å². The number of benzene rings is 1. The van der Waals surface area contributed by atoms with Crippen LogP contribution in [0.1, 0.15) is 23.1 Å². The Hall–Kier alpha value is -1.88. The van der Waals surface area contributed by atoms with Crippen LogP contribution in [0.15, 0.2) is 12.1 Å². The van der Waals surface area contributed by atoms with Crippen LogP contribution < -0.4 is 4.90 Å². The van der Waals surface area contributed by atoms with Gasteiger partial charge < -0.3 is 14.7 Å². The Morgan fingerprint density at radius 2 is 1.75 bits per heavy atom. The van der Waals surface area contributed by atoms with Gasteiger partial charge in [0.15, 0.2) is 0 Å². The first-order valence-corrected chi connectivity index (χ1v) is 6.45. The number of methoxy groups -OCH3 is 1. The largest absolute Gasteiger partial charge is 0.481 e. The number of ether oxygens (including phenoxy) is 1. The minimum absolute atomic E-state index is 0.0631. The Kier molecular flexibility index (Phi) is 5.70. The van der Waals surface area contributed by atoms with Crippen LogP contribution in [0.5, 0.6) is 0 Å². The molecule has 0 aliphatic heterocycles. The van der Waals surface area contributed by atoms with E-state index in [1.54, 1.807) is 0 Å². The Bertz CT molecular complexity index is 488. The van der Waals surface area contributed by atoms with Crippen LogP contribution in [0, 0.1) is 20.8 Å². The summed E-state index contributed by atoms with van der Waals surface area (Å²) in [6.07, 6.45) is -0.0950. The smallest absolute Gasteiger partial charge is 0.305 e. The molecule has 5 heteroatoms. The average molecular weight is 279 g/mol. The van der Waals surface area contributed by atoms with Gasteiger partial charge in [0, 0.05) is 19.3 Å². The normalized spacial score (nSPS) is 10.4. The maximum Gasteiger partial charge on any atom is 0.305 e. The van der Waals surface area contributed by atoms with Crippen LogP contribution in [0.3, 0.4) is 0 Å². The molecule has 0 radical (unpaired) electrons. The Balaban J connectivity index is 3.15. The summed E-state index contributed by atoms with van der Waals surface area (Å²) in [5.74, 6) is -1.16. The van der Waals surface area contributed by atoms with E-state index in [4.69, 9.17) is 9.84 Å². The van der Waals surface area contributed by atoms with Crippen molar-refractivity contribution in [3.05, 3.63) is 28.8 Å². The lowest BCUT2D eigenvalue weighted by Crippen LogP contribution is -2.36. The van der Waals surface area contributed by atoms with Crippen LogP contribution in [0.2, 0.25) is 0 Å². The standard InChI is InChI=1S/C15H21NO4/c1-10-7-11(2)15(12(3)8-10)16(6-5-14(18)19)13(17)9-20-4/h7-8H,5-6,9H2,1-4H3,(H,18,19). The molecule has 0 aliphatic rings. The van der Waals surface area contributed by atoms with Crippen molar-refractivity contribution in [3.8, 4) is 0 Å². The number of carboxylic acids is 1. The molecular weight excluding hydrogens is 258 g/mol. The molecule has 0 saturated heterocycles. The van der Waals surface area contributed by atoms with Crippen LogP contribution >= 0.6 is 0 Å². The molecule has 0 bridgehead atoms. The third-order valence-electron chi connectivity index (χ3n) is 3.02. The van der Waals surface area contributed by atoms with Gasteiger partial charge in [0.2, 0.25) is 0 Å². The summed E-state index contributed by atoms with van der Waals surface area (Å²) in [5, 5.41) is 8.83. The molecule has 0 spiro atoms. The third kappa shape index (κ3) is 4.06. The predicted octanol–water partition coefficient (Wildman–Crippen LogP) is 2.07. The second kappa shape index (κ2) is 7.05. The molecule has 0 unspecified atom stereocenters. The number of nitrogens with zero attached hydrogens (tertiary/aromatic N) is 1. The molecule has 0 heterocycles. The lowest BCUT2D eigenvalue weighted by atomic mass is 10.0. The van der Waals surface area contributed by atoms with E-state index < -0.39 is 5.97 Å². The fraction of sp³-hybridized carbons (Fsp3) is 0.467. The molecule has 1 amide bonds. The Morgan fingerprint density at radius 1 is 1.20 bits per heavy atom. The number of amides is 1. The van der Waals surface area contributed by atoms with E-state index in [-0.39, 0.29) is 25.5 Å². The van der Waals surface area contributed by atoms with Gasteiger partial charge in [0.1, 0.15) is 6.61 Å². The molecule has 5 nitrogen and oxygen atoms in total. The zero-order chi connectivity index (χ0) is 15.3. The summed E-state index contributed by atoms with van der Waals surface area (Å²) in [7, 11) is 1.45. The van der Waals surface area contributed by atoms with Gasteiger partial charge in [0.25, 0.3) is 5.91 Å². The molecule has 0 fully saturated rings. The molecule has 0 aliphatic carbocycles. The van der Waals surface area contributed by atoms with Crippen molar-refractivity contribution in [2.24, 2.45) is 0 Å². The van der Waals surface area contributed by atoms with E-state index in [0.717, 1.165) is 22.4 Å². The zero-order valence-electron chi connectivity index (χ0n) is 12.4. The van der Waals surface area contributed by atoms with Crippen LogP contribution in [0.25, 0.3) is 0 Å². The monoisotopic (exact) mass is 279 g/mol. The summed E-state index contributed by atoms with van der Waals surface area (Å²) >= 11 is 0. The quantitative estimate of drug-likeness (QED) is 0.865. The van der Waals surface area contributed by atoms with Crippen LogP contribution in [-0.2, 0) is 14.3 Å². The van der Waals surface area contributed by atoms with Crippen LogP contribution in [0.4, 0.5) is 5.69 Å². The number of hydrogen-bond acceptors (Lipinski definition) is 3. The fourth-order valence-corrected chi connectivity index (χ4v) is 2.37. The molecular formula is C15H21NO4. The van der Waals surface area contributed by atoms with Gasteiger partial charge in [-0.1, -0.05) is 17.7 Å². The van der Waals surface area contributed by atoms with Gasteiger partial charge in [-0.2, -0.15) is 0 Å². The zero-order valence-corrected chi connectivity index (χ0v) is 12.4. The summed E-state index contributed by atoms with van der Waals surface area (Å²) in [6.45, 7) is 5.91. The molecule has 1 rings (SSSR count). The molecule has 20 heavy (non-hydrogen) atoms. The van der Waals surface area contributed by atoms with Gasteiger partial charge in [-0.3, -0.25) is 9.59 Å². The number of hydrogen-bond donors (Lipinski definition) is 1. The summed E-state index contributed by atoms with van der Waals surface area (Å²) < 4.78 is 4.88. The van der Waals surface area contributed by atoms with Gasteiger partial charge in [-0.05, 0) is 31.9 Å². The summed E-state index contributed by atoms with van der Waals surface area (Å²) in [4.78, 5) is 24.4. The topological polar surface area (TPSA) is 66.8 Å². The van der Waals surface area contributed by atoms with Gasteiger partial charge >= 0.3 is 5.97 Å². The first-order valence-electron chi connectivity index (χ1n) is 6.45. The number of carbonyl (C=O) groups is 2. The number of aliphatic carboxylic acids is 1. The maximum atomic E-state index is 12.2. The van der Waals surface area contributed by atoms with Crippen molar-refractivity contribution in [1.29, 1.82) is 0 Å². The highest BCUT2D eigenvalue weighted by Gasteiger charge is 2.20. The van der Waals surface area contributed by atoms with Crippen molar-refractivity contribution >= 4 is 17.6 Å². The van der Waals surface area contributed by atoms with Crippen molar-refractivity contribution in [1.82, 2.24) is 0 Å². The van der Waals surface area contributed by atoms with Gasteiger partial charge in [0.05, 0.1) is 6.42 Å². The number of carboxylic acid groups (broad SMARTS) is 1. The van der Waals surface area contributed by atoms with Crippen molar-refractivity contribution in [3.63, 3.8) is 0 Å². The second-order valence-electron chi connectivity index (χ2n) is 4.87. The van der Waals surface area contributed by atoms with Gasteiger partial charge in [-0.25, -0.2) is 0 Å². The van der Waals surface area contributed by atoms with E-state index in [1.165, 1.54) is 12.0 Å². The average Bonchev–Trinajstić information content (AvgIpc) is 2.31. The number of carbonyl (C=O) groups excluding carboxylic acids is 1. The molecule has 1 aromatic rings. The number of aryl methyl sites for hydroxylation is 3. The van der Waals surface area contributed by atoms with E-state index >= 15 is 0 Å². The van der Waals surface area contributed by atoms with E-state index in [2.05, 4.69) is 0 Å². The maximum absolute atomic E-state index is 12.2. The highest BCUT2D eigenvalue weighted by Crippen LogP contribution is 2.26. The predicted molar refractivity (Wildman–Crippen MR) is 77.1 cm³/mol. The SMILES string of the molecule is COCC(=O)N(CCC(=O)O)c1c(C)cc(C)cc1C. The first-order chi connectivity index (χ1) is 9.36. The highest BCUT2D eigenvalue weighted by atomic mass is 16.5. The van der Waals surface area contributed by atoms with E-state index in [0.29, 0.717) is 0 Å². The molecule has 0 aromatic heterocycles. The molecule has 0 atom stereocenters. The lowest BCUT2D eigenvalue weighted by molar-refractivity contribution is -0.136. The van der Waals surface area contributed by atoms with Crippen molar-refractivity contribution < 1.29 is 19.4 Å². The minimum Gasteiger partial charge on any atom is -0.481 e. The Morgan fingerprint density at radius 3 is 2.20 bits per heavy atom. The van der Waals surface area contributed by atoms with Crippen LogP contribution in [-0.4, -0.2) is 37.2 Å². The van der Waals surface area contributed by atoms with E-state index in [9.17, 15) is 9.59 Å². The van der Waals surface area contributed by atoms with Gasteiger partial charge in [-0.15, -0.1) is 0 Å². The fourth-order valence-electron chi connectivity index (χ4n) is 2.37. The number of rotatable bonds is 6. The summed E-state index contributed by atoms with van der Waals surface area (Å²) in [5.41, 5.74) is 3.80. The molecule has 110 valence electrons. The van der Waals surface area contributed by atoms with Crippen molar-refractivity contribution in [2.45, 2.75) is 27.2 Å². The third-order valence-corrected chi connectivity index (χ3v) is 3.02. The lowest BCUT2D eigenvalue weighted by Gasteiger charge is -2.26. The number of anilines is 1. The molecule has 1 aromatic carbocycles. The highest BCUT2D eigenvalue weighted by molar-refractivity contribution is 5.96. The molecule has 0 saturated carbocycles. The minimum atomic E-state index is -0.928. The molecule has 1 N–H and O–H groups in total. The van der Waals surface area contributed by atoms with Crippen molar-refractivity contribution in [2.75, 3.05) is 25.2 Å². The summed E-state index contributed by atoms with van der Waals surface area (Å²) in [6, 6.07) is 3.96. The second-order valence-corrected chi connectivity index (χ2v) is 4.87. The Labute approximate surface area is 119 Å².